The Morgan fingerprint density at radius 3 is 2.83 bits per heavy atom. The van der Waals surface area contributed by atoms with Crippen LogP contribution < -0.4 is 10.6 Å². The zero-order chi connectivity index (χ0) is 19.4. The number of guanidine groups is 1. The van der Waals surface area contributed by atoms with Gasteiger partial charge in [0.2, 0.25) is 0 Å². The van der Waals surface area contributed by atoms with Crippen molar-refractivity contribution in [1.82, 2.24) is 15.5 Å². The molecule has 2 aliphatic rings. The third-order valence-corrected chi connectivity index (χ3v) is 5.54. The van der Waals surface area contributed by atoms with Crippen molar-refractivity contribution in [2.24, 2.45) is 4.99 Å². The third-order valence-electron chi connectivity index (χ3n) is 5.54. The number of hydrogen-bond donors (Lipinski definition) is 2. The van der Waals surface area contributed by atoms with Crippen LogP contribution in [0.5, 0.6) is 0 Å². The summed E-state index contributed by atoms with van der Waals surface area (Å²) in [5, 5.41) is 6.89. The fraction of sp³-hybridized carbons (Fsp3) is 0.682. The summed E-state index contributed by atoms with van der Waals surface area (Å²) in [5.74, 6) is 0.880. The molecule has 7 heteroatoms. The minimum Gasteiger partial charge on any atom is -0.379 e. The number of likely N-dealkylation sites (tertiary alicyclic amines) is 1. The van der Waals surface area contributed by atoms with Crippen LogP contribution >= 0.6 is 24.0 Å². The van der Waals surface area contributed by atoms with Crippen molar-refractivity contribution < 1.29 is 9.47 Å². The molecule has 164 valence electrons. The standard InChI is InChI=1S/C22H36N4O2.HI/c1-23-22(24-12-7-14-27-18-21-11-6-15-28-21)25-16-20-10-5-13-26(20)17-19-8-3-2-4-9-19;/h2-4,8-9,20-21H,5-7,10-18H2,1H3,(H2,23,24,25);1H. The van der Waals surface area contributed by atoms with Gasteiger partial charge in [0.1, 0.15) is 0 Å². The van der Waals surface area contributed by atoms with Crippen molar-refractivity contribution in [2.45, 2.75) is 50.8 Å². The molecule has 0 aliphatic carbocycles. The molecule has 0 amide bonds. The van der Waals surface area contributed by atoms with Crippen LogP contribution in [-0.4, -0.2) is 69.5 Å². The lowest BCUT2D eigenvalue weighted by molar-refractivity contribution is 0.0168. The molecule has 2 N–H and O–H groups in total. The summed E-state index contributed by atoms with van der Waals surface area (Å²) in [6.45, 7) is 6.38. The van der Waals surface area contributed by atoms with Crippen LogP contribution in [0.1, 0.15) is 37.7 Å². The van der Waals surface area contributed by atoms with Crippen molar-refractivity contribution in [3.63, 3.8) is 0 Å². The first-order valence-electron chi connectivity index (χ1n) is 10.8. The fourth-order valence-electron chi connectivity index (χ4n) is 3.96. The third kappa shape index (κ3) is 8.78. The van der Waals surface area contributed by atoms with E-state index in [-0.39, 0.29) is 24.0 Å². The Kier molecular flexibility index (Phi) is 11.9. The van der Waals surface area contributed by atoms with Gasteiger partial charge in [0.05, 0.1) is 12.7 Å². The van der Waals surface area contributed by atoms with E-state index in [1.165, 1.54) is 31.4 Å². The van der Waals surface area contributed by atoms with Crippen LogP contribution in [0.4, 0.5) is 0 Å². The Labute approximate surface area is 192 Å². The topological polar surface area (TPSA) is 58.1 Å². The number of hydrogen-bond acceptors (Lipinski definition) is 4. The minimum atomic E-state index is 0. The average molecular weight is 516 g/mol. The number of aliphatic imine (C=N–C) groups is 1. The monoisotopic (exact) mass is 516 g/mol. The van der Waals surface area contributed by atoms with Crippen LogP contribution in [0.25, 0.3) is 0 Å². The number of benzene rings is 1. The SMILES string of the molecule is CN=C(NCCCOCC1CCCO1)NCC1CCCN1Cc1ccccc1.I. The molecule has 0 saturated carbocycles. The van der Waals surface area contributed by atoms with Gasteiger partial charge >= 0.3 is 0 Å². The van der Waals surface area contributed by atoms with E-state index in [0.29, 0.717) is 12.1 Å². The van der Waals surface area contributed by atoms with Crippen LogP contribution in [-0.2, 0) is 16.0 Å². The fourth-order valence-corrected chi connectivity index (χ4v) is 3.96. The molecule has 6 nitrogen and oxygen atoms in total. The second kappa shape index (κ2) is 14.2. The lowest BCUT2D eigenvalue weighted by Gasteiger charge is -2.25. The van der Waals surface area contributed by atoms with E-state index >= 15 is 0 Å². The predicted molar refractivity (Wildman–Crippen MR) is 129 cm³/mol. The van der Waals surface area contributed by atoms with E-state index in [1.807, 2.05) is 7.05 Å². The molecular formula is C22H37IN4O2. The summed E-state index contributed by atoms with van der Waals surface area (Å²) in [6, 6.07) is 11.3. The van der Waals surface area contributed by atoms with Crippen LogP contribution in [0.2, 0.25) is 0 Å². The maximum absolute atomic E-state index is 5.71. The van der Waals surface area contributed by atoms with E-state index in [9.17, 15) is 0 Å². The Balaban J connectivity index is 0.00000300. The predicted octanol–water partition coefficient (Wildman–Crippen LogP) is 3.02. The Morgan fingerprint density at radius 1 is 1.21 bits per heavy atom. The molecule has 2 atom stereocenters. The van der Waals surface area contributed by atoms with Gasteiger partial charge in [-0.2, -0.15) is 0 Å². The second-order valence-electron chi connectivity index (χ2n) is 7.70. The lowest BCUT2D eigenvalue weighted by Crippen LogP contribution is -2.45. The van der Waals surface area contributed by atoms with Crippen molar-refractivity contribution in [1.29, 1.82) is 0 Å². The highest BCUT2D eigenvalue weighted by molar-refractivity contribution is 14.0. The molecule has 2 fully saturated rings. The molecule has 2 unspecified atom stereocenters. The highest BCUT2D eigenvalue weighted by Crippen LogP contribution is 2.19. The first-order valence-corrected chi connectivity index (χ1v) is 10.8. The van der Waals surface area contributed by atoms with Crippen LogP contribution in [0, 0.1) is 0 Å². The second-order valence-corrected chi connectivity index (χ2v) is 7.70. The van der Waals surface area contributed by atoms with Gasteiger partial charge in [0.15, 0.2) is 5.96 Å². The number of ether oxygens (including phenoxy) is 2. The van der Waals surface area contributed by atoms with Crippen molar-refractivity contribution in [3.05, 3.63) is 35.9 Å². The molecule has 2 aliphatic heterocycles. The maximum atomic E-state index is 5.71. The molecular weight excluding hydrogens is 479 g/mol. The van der Waals surface area contributed by atoms with E-state index in [1.54, 1.807) is 0 Å². The summed E-state index contributed by atoms with van der Waals surface area (Å²) in [7, 11) is 1.83. The van der Waals surface area contributed by atoms with Gasteiger partial charge in [-0.25, -0.2) is 0 Å². The molecule has 1 aromatic carbocycles. The lowest BCUT2D eigenvalue weighted by atomic mass is 10.2. The van der Waals surface area contributed by atoms with Crippen molar-refractivity contribution in [3.8, 4) is 0 Å². The van der Waals surface area contributed by atoms with Gasteiger partial charge in [-0.3, -0.25) is 9.89 Å². The first kappa shape index (κ1) is 24.4. The number of halogens is 1. The van der Waals surface area contributed by atoms with Gasteiger partial charge < -0.3 is 20.1 Å². The average Bonchev–Trinajstić information content (AvgIpc) is 3.40. The number of nitrogens with one attached hydrogen (secondary N) is 2. The van der Waals surface area contributed by atoms with Gasteiger partial charge in [-0.05, 0) is 44.2 Å². The molecule has 2 saturated heterocycles. The molecule has 1 aromatic rings. The minimum absolute atomic E-state index is 0. The largest absolute Gasteiger partial charge is 0.379 e. The summed E-state index contributed by atoms with van der Waals surface area (Å²) in [4.78, 5) is 6.93. The molecule has 0 spiro atoms. The van der Waals surface area contributed by atoms with Gasteiger partial charge in [-0.15, -0.1) is 24.0 Å². The zero-order valence-electron chi connectivity index (χ0n) is 17.6. The highest BCUT2D eigenvalue weighted by atomic mass is 127. The molecule has 29 heavy (non-hydrogen) atoms. The highest BCUT2D eigenvalue weighted by Gasteiger charge is 2.24. The normalized spacial score (nSPS) is 22.4. The molecule has 0 bridgehead atoms. The van der Waals surface area contributed by atoms with Gasteiger partial charge in [-0.1, -0.05) is 30.3 Å². The van der Waals surface area contributed by atoms with E-state index in [2.05, 4.69) is 50.9 Å². The number of rotatable bonds is 10. The molecule has 0 radical (unpaired) electrons. The summed E-state index contributed by atoms with van der Waals surface area (Å²) in [6.07, 6.45) is 6.10. The van der Waals surface area contributed by atoms with E-state index < -0.39 is 0 Å². The molecule has 0 aromatic heterocycles. The van der Waals surface area contributed by atoms with Crippen molar-refractivity contribution in [2.75, 3.05) is 46.5 Å². The smallest absolute Gasteiger partial charge is 0.191 e. The Hall–Kier alpha value is -0.900. The quantitative estimate of drug-likeness (QED) is 0.217. The Bertz CT molecular complexity index is 581. The van der Waals surface area contributed by atoms with Gasteiger partial charge in [0, 0.05) is 45.9 Å². The van der Waals surface area contributed by atoms with E-state index in [4.69, 9.17) is 9.47 Å². The zero-order valence-corrected chi connectivity index (χ0v) is 20.0. The maximum Gasteiger partial charge on any atom is 0.191 e. The number of nitrogens with zero attached hydrogens (tertiary/aromatic N) is 2. The van der Waals surface area contributed by atoms with E-state index in [0.717, 1.165) is 58.3 Å². The van der Waals surface area contributed by atoms with Crippen LogP contribution in [0.3, 0.4) is 0 Å². The Morgan fingerprint density at radius 2 is 2.07 bits per heavy atom. The van der Waals surface area contributed by atoms with Crippen molar-refractivity contribution >= 4 is 29.9 Å². The molecule has 2 heterocycles. The summed E-state index contributed by atoms with van der Waals surface area (Å²) < 4.78 is 11.3. The van der Waals surface area contributed by atoms with Crippen LogP contribution in [0.15, 0.2) is 35.3 Å². The summed E-state index contributed by atoms with van der Waals surface area (Å²) in [5.41, 5.74) is 1.39. The first-order chi connectivity index (χ1) is 13.8. The molecule has 3 rings (SSSR count). The van der Waals surface area contributed by atoms with Gasteiger partial charge in [0.25, 0.3) is 0 Å². The summed E-state index contributed by atoms with van der Waals surface area (Å²) >= 11 is 0.